The summed E-state index contributed by atoms with van der Waals surface area (Å²) in [5.74, 6) is -0.121. The minimum Gasteiger partial charge on any atom is -0.464 e. The second-order valence-corrected chi connectivity index (χ2v) is 9.48. The first-order valence-corrected chi connectivity index (χ1v) is 11.8. The summed E-state index contributed by atoms with van der Waals surface area (Å²) in [6.07, 6.45) is 3.19. The van der Waals surface area contributed by atoms with E-state index in [4.69, 9.17) is 10.3 Å². The highest BCUT2D eigenvalue weighted by atomic mass is 16.5. The summed E-state index contributed by atoms with van der Waals surface area (Å²) in [6.45, 7) is 9.57. The molecule has 0 N–H and O–H groups in total. The maximum Gasteiger partial charge on any atom is 0.305 e. The van der Waals surface area contributed by atoms with Crippen LogP contribution in [-0.4, -0.2) is 78.6 Å². The fourth-order valence-corrected chi connectivity index (χ4v) is 3.47. The van der Waals surface area contributed by atoms with Crippen molar-refractivity contribution in [3.63, 3.8) is 0 Å². The highest BCUT2D eigenvalue weighted by molar-refractivity contribution is 5.85. The lowest BCUT2D eigenvalue weighted by atomic mass is 9.90. The van der Waals surface area contributed by atoms with E-state index in [1.807, 2.05) is 25.7 Å². The van der Waals surface area contributed by atoms with E-state index in [9.17, 15) is 19.2 Å². The minimum atomic E-state index is -0.465. The molecule has 1 atom stereocenters. The molecule has 10 nitrogen and oxygen atoms in total. The molecule has 0 aromatic rings. The standard InChI is InChI=1S/C23H39N5O5/c1-5-22(32)33-17-18-15-28(14-13-27(18)16-20(30)23(2,3)4)21(31)11-8-10-19(29)9-6-7-12-25-26-24/h18H,5-17H2,1-4H3. The highest BCUT2D eigenvalue weighted by Crippen LogP contribution is 2.19. The maximum absolute atomic E-state index is 12.7. The second kappa shape index (κ2) is 14.6. The highest BCUT2D eigenvalue weighted by Gasteiger charge is 2.33. The van der Waals surface area contributed by atoms with E-state index in [0.29, 0.717) is 58.3 Å². The van der Waals surface area contributed by atoms with Gasteiger partial charge in [-0.05, 0) is 24.8 Å². The number of carbonyl (C=O) groups excluding carboxylic acids is 4. The summed E-state index contributed by atoms with van der Waals surface area (Å²) in [6, 6.07) is -0.234. The molecule has 0 aromatic carbocycles. The van der Waals surface area contributed by atoms with Crippen LogP contribution < -0.4 is 0 Å². The molecule has 1 aliphatic heterocycles. The van der Waals surface area contributed by atoms with Crippen molar-refractivity contribution in [2.45, 2.75) is 78.7 Å². The van der Waals surface area contributed by atoms with Crippen molar-refractivity contribution in [1.29, 1.82) is 0 Å². The molecule has 0 bridgehead atoms. The molecule has 1 saturated heterocycles. The van der Waals surface area contributed by atoms with E-state index >= 15 is 0 Å². The summed E-state index contributed by atoms with van der Waals surface area (Å²) < 4.78 is 5.33. The summed E-state index contributed by atoms with van der Waals surface area (Å²) in [7, 11) is 0. The van der Waals surface area contributed by atoms with Gasteiger partial charge in [-0.1, -0.05) is 32.8 Å². The largest absolute Gasteiger partial charge is 0.464 e. The topological polar surface area (TPSA) is 133 Å². The van der Waals surface area contributed by atoms with E-state index in [1.54, 1.807) is 11.8 Å². The van der Waals surface area contributed by atoms with Crippen molar-refractivity contribution < 1.29 is 23.9 Å². The number of hydrogen-bond donors (Lipinski definition) is 0. The summed E-state index contributed by atoms with van der Waals surface area (Å²) in [4.78, 5) is 55.3. The quantitative estimate of drug-likeness (QED) is 0.127. The van der Waals surface area contributed by atoms with Crippen LogP contribution in [0, 0.1) is 5.41 Å². The molecule has 0 spiro atoms. The van der Waals surface area contributed by atoms with Crippen LogP contribution >= 0.6 is 0 Å². The first-order valence-electron chi connectivity index (χ1n) is 11.8. The molecule has 0 aromatic heterocycles. The molecule has 0 saturated carbocycles. The van der Waals surface area contributed by atoms with Gasteiger partial charge in [0.05, 0.1) is 12.6 Å². The van der Waals surface area contributed by atoms with Crippen LogP contribution in [0.1, 0.15) is 72.6 Å². The molecule has 186 valence electrons. The SMILES string of the molecule is CCC(=O)OCC1CN(C(=O)CCCC(=O)CCCCN=[N+]=[N-])CCN1CC(=O)C(C)(C)C. The molecular weight excluding hydrogens is 426 g/mol. The Morgan fingerprint density at radius 2 is 1.76 bits per heavy atom. The van der Waals surface area contributed by atoms with Gasteiger partial charge in [-0.2, -0.15) is 0 Å². The van der Waals surface area contributed by atoms with Gasteiger partial charge in [0, 0.05) is 62.2 Å². The molecule has 1 aliphatic rings. The zero-order valence-corrected chi connectivity index (χ0v) is 20.5. The van der Waals surface area contributed by atoms with Crippen molar-refractivity contribution in [2.75, 3.05) is 39.3 Å². The average molecular weight is 466 g/mol. The van der Waals surface area contributed by atoms with E-state index in [1.165, 1.54) is 0 Å². The number of esters is 1. The number of rotatable bonds is 14. The predicted octanol–water partition coefficient (Wildman–Crippen LogP) is 3.29. The Kier molecular flexibility index (Phi) is 12.7. The number of azide groups is 1. The zero-order chi connectivity index (χ0) is 24.9. The summed E-state index contributed by atoms with van der Waals surface area (Å²) >= 11 is 0. The zero-order valence-electron chi connectivity index (χ0n) is 20.5. The fourth-order valence-electron chi connectivity index (χ4n) is 3.47. The van der Waals surface area contributed by atoms with E-state index in [-0.39, 0.29) is 55.5 Å². The Morgan fingerprint density at radius 3 is 2.39 bits per heavy atom. The van der Waals surface area contributed by atoms with Crippen LogP contribution in [0.25, 0.3) is 10.4 Å². The Labute approximate surface area is 196 Å². The predicted molar refractivity (Wildman–Crippen MR) is 124 cm³/mol. The molecule has 1 unspecified atom stereocenters. The minimum absolute atomic E-state index is 0.0280. The van der Waals surface area contributed by atoms with Gasteiger partial charge < -0.3 is 9.64 Å². The molecule has 33 heavy (non-hydrogen) atoms. The second-order valence-electron chi connectivity index (χ2n) is 9.48. The third-order valence-electron chi connectivity index (χ3n) is 5.74. The third kappa shape index (κ3) is 11.3. The molecule has 0 aliphatic carbocycles. The molecule has 1 fully saturated rings. The average Bonchev–Trinajstić information content (AvgIpc) is 2.77. The van der Waals surface area contributed by atoms with E-state index in [2.05, 4.69) is 10.0 Å². The Morgan fingerprint density at radius 1 is 1.06 bits per heavy atom. The number of carbonyl (C=O) groups is 4. The number of nitrogens with zero attached hydrogens (tertiary/aromatic N) is 5. The van der Waals surface area contributed by atoms with Gasteiger partial charge in [0.1, 0.15) is 12.4 Å². The Balaban J connectivity index is 2.54. The van der Waals surface area contributed by atoms with Gasteiger partial charge in [-0.3, -0.25) is 24.1 Å². The Hall–Kier alpha value is -2.45. The number of ketones is 2. The lowest BCUT2D eigenvalue weighted by Gasteiger charge is -2.41. The van der Waals surface area contributed by atoms with Crippen LogP contribution in [0.4, 0.5) is 0 Å². The van der Waals surface area contributed by atoms with Crippen molar-refractivity contribution in [3.05, 3.63) is 10.4 Å². The first kappa shape index (κ1) is 28.6. The maximum atomic E-state index is 12.7. The number of piperazine rings is 1. The number of ether oxygens (including phenoxy) is 1. The van der Waals surface area contributed by atoms with Crippen LogP contribution in [0.2, 0.25) is 0 Å². The van der Waals surface area contributed by atoms with Crippen molar-refractivity contribution >= 4 is 23.4 Å². The van der Waals surface area contributed by atoms with Gasteiger partial charge in [0.25, 0.3) is 0 Å². The van der Waals surface area contributed by atoms with Gasteiger partial charge >= 0.3 is 5.97 Å². The van der Waals surface area contributed by atoms with E-state index in [0.717, 1.165) is 0 Å². The van der Waals surface area contributed by atoms with Gasteiger partial charge in [-0.25, -0.2) is 0 Å². The molecule has 1 heterocycles. The lowest BCUT2D eigenvalue weighted by molar-refractivity contribution is -0.147. The molecule has 10 heteroatoms. The summed E-state index contributed by atoms with van der Waals surface area (Å²) in [5, 5.41) is 3.44. The van der Waals surface area contributed by atoms with Crippen LogP contribution in [0.5, 0.6) is 0 Å². The van der Waals surface area contributed by atoms with Crippen molar-refractivity contribution in [1.82, 2.24) is 9.80 Å². The van der Waals surface area contributed by atoms with Crippen LogP contribution in [-0.2, 0) is 23.9 Å². The molecule has 1 rings (SSSR count). The smallest absolute Gasteiger partial charge is 0.305 e. The summed E-state index contributed by atoms with van der Waals surface area (Å²) in [5.41, 5.74) is 7.77. The monoisotopic (exact) mass is 465 g/mol. The fraction of sp³-hybridized carbons (Fsp3) is 0.826. The normalized spacial score (nSPS) is 16.7. The third-order valence-corrected chi connectivity index (χ3v) is 5.74. The van der Waals surface area contributed by atoms with Gasteiger partial charge in [0.2, 0.25) is 5.91 Å². The molecule has 1 amide bonds. The van der Waals surface area contributed by atoms with Crippen molar-refractivity contribution in [3.8, 4) is 0 Å². The first-order chi connectivity index (χ1) is 15.6. The number of Topliss-reactive ketones (excluding diaryl/α,β-unsaturated/α-hetero) is 2. The van der Waals surface area contributed by atoms with E-state index < -0.39 is 5.41 Å². The van der Waals surface area contributed by atoms with Crippen LogP contribution in [0.3, 0.4) is 0 Å². The van der Waals surface area contributed by atoms with Crippen molar-refractivity contribution in [2.24, 2.45) is 10.5 Å². The number of hydrogen-bond acceptors (Lipinski definition) is 7. The molecule has 0 radical (unpaired) electrons. The number of amides is 1. The lowest BCUT2D eigenvalue weighted by Crippen LogP contribution is -2.58. The van der Waals surface area contributed by atoms with Crippen LogP contribution in [0.15, 0.2) is 5.11 Å². The number of unbranched alkanes of at least 4 members (excludes halogenated alkanes) is 1. The molecular formula is C23H39N5O5. The Bertz CT molecular complexity index is 727. The van der Waals surface area contributed by atoms with Gasteiger partial charge in [-0.15, -0.1) is 0 Å². The van der Waals surface area contributed by atoms with Gasteiger partial charge in [0.15, 0.2) is 5.78 Å².